The lowest BCUT2D eigenvalue weighted by molar-refractivity contribution is -0.133. The Kier molecular flexibility index (Phi) is 6.96. The van der Waals surface area contributed by atoms with Crippen molar-refractivity contribution in [3.8, 4) is 0 Å². The third-order valence-corrected chi connectivity index (χ3v) is 5.53. The summed E-state index contributed by atoms with van der Waals surface area (Å²) in [6, 6.07) is 16.0. The molecule has 5 heteroatoms. The first kappa shape index (κ1) is 19.5. The quantitative estimate of drug-likeness (QED) is 0.818. The molecule has 0 aliphatic carbocycles. The Morgan fingerprint density at radius 2 is 1.89 bits per heavy atom. The van der Waals surface area contributed by atoms with Crippen molar-refractivity contribution >= 4 is 5.91 Å². The highest BCUT2D eigenvalue weighted by Crippen LogP contribution is 2.19. The first-order valence-corrected chi connectivity index (χ1v) is 9.82. The van der Waals surface area contributed by atoms with Crippen molar-refractivity contribution < 1.29 is 4.79 Å². The van der Waals surface area contributed by atoms with Crippen molar-refractivity contribution in [3.63, 3.8) is 0 Å². The van der Waals surface area contributed by atoms with Gasteiger partial charge in [0.25, 0.3) is 0 Å². The van der Waals surface area contributed by atoms with Gasteiger partial charge in [0, 0.05) is 63.5 Å². The van der Waals surface area contributed by atoms with Crippen molar-refractivity contribution in [2.45, 2.75) is 37.8 Å². The van der Waals surface area contributed by atoms with Crippen molar-refractivity contribution in [3.05, 3.63) is 66.0 Å². The molecule has 1 amide bonds. The Balaban J connectivity index is 1.42. The molecule has 5 nitrogen and oxygen atoms in total. The second-order valence-electron chi connectivity index (χ2n) is 7.37. The Bertz CT molecular complexity index is 699. The number of hydrogen-bond donors (Lipinski definition) is 1. The number of carbonyl (C=O) groups is 1. The molecule has 1 aromatic heterocycles. The Labute approximate surface area is 162 Å². The number of nitrogens with two attached hydrogens (primary N) is 1. The highest BCUT2D eigenvalue weighted by molar-refractivity contribution is 5.77. The average molecular weight is 367 g/mol. The molecular weight excluding hydrogens is 336 g/mol. The zero-order valence-corrected chi connectivity index (χ0v) is 16.1. The van der Waals surface area contributed by atoms with E-state index in [4.69, 9.17) is 5.73 Å². The fourth-order valence-corrected chi connectivity index (χ4v) is 3.70. The van der Waals surface area contributed by atoms with Gasteiger partial charge < -0.3 is 15.5 Å². The third-order valence-electron chi connectivity index (χ3n) is 5.53. The van der Waals surface area contributed by atoms with Crippen molar-refractivity contribution in [1.29, 1.82) is 0 Å². The van der Waals surface area contributed by atoms with E-state index in [-0.39, 0.29) is 11.9 Å². The number of aromatic nitrogens is 1. The van der Waals surface area contributed by atoms with Gasteiger partial charge in [0.2, 0.25) is 5.91 Å². The molecule has 144 valence electrons. The standard InChI is InChI=1S/C22H30N4O/c1-25(22(27)17-21(23)18-7-3-2-4-8-18)20-11-15-26(16-12-20)14-10-19-9-5-6-13-24-19/h2-9,13,20-21H,10-12,14-17,23H2,1H3. The van der Waals surface area contributed by atoms with Gasteiger partial charge >= 0.3 is 0 Å². The average Bonchev–Trinajstić information content (AvgIpc) is 2.73. The van der Waals surface area contributed by atoms with E-state index in [0.29, 0.717) is 12.5 Å². The molecular formula is C22H30N4O. The van der Waals surface area contributed by atoms with E-state index in [0.717, 1.165) is 50.2 Å². The van der Waals surface area contributed by atoms with E-state index < -0.39 is 0 Å². The molecule has 2 aromatic rings. The van der Waals surface area contributed by atoms with Crippen LogP contribution in [0.3, 0.4) is 0 Å². The number of benzene rings is 1. The zero-order valence-electron chi connectivity index (χ0n) is 16.1. The number of piperidine rings is 1. The first-order valence-electron chi connectivity index (χ1n) is 9.82. The number of carbonyl (C=O) groups excluding carboxylic acids is 1. The normalized spacial score (nSPS) is 16.8. The molecule has 1 aromatic carbocycles. The summed E-state index contributed by atoms with van der Waals surface area (Å²) in [5.41, 5.74) is 8.38. The van der Waals surface area contributed by atoms with E-state index in [2.05, 4.69) is 16.0 Å². The van der Waals surface area contributed by atoms with Crippen LogP contribution in [0.25, 0.3) is 0 Å². The number of likely N-dealkylation sites (tertiary alicyclic amines) is 1. The van der Waals surface area contributed by atoms with Crippen LogP contribution in [-0.2, 0) is 11.2 Å². The fraction of sp³-hybridized carbons (Fsp3) is 0.455. The number of rotatable bonds is 7. The molecule has 0 radical (unpaired) electrons. The van der Waals surface area contributed by atoms with Gasteiger partial charge in [-0.2, -0.15) is 0 Å². The van der Waals surface area contributed by atoms with E-state index in [1.54, 1.807) is 0 Å². The maximum Gasteiger partial charge on any atom is 0.224 e. The number of nitrogens with zero attached hydrogens (tertiary/aromatic N) is 3. The SMILES string of the molecule is CN(C(=O)CC(N)c1ccccc1)C1CCN(CCc2ccccn2)CC1. The van der Waals surface area contributed by atoms with Crippen LogP contribution in [0.2, 0.25) is 0 Å². The molecule has 1 atom stereocenters. The van der Waals surface area contributed by atoms with Crippen molar-refractivity contribution in [1.82, 2.24) is 14.8 Å². The van der Waals surface area contributed by atoms with Crippen LogP contribution in [-0.4, -0.2) is 53.4 Å². The maximum atomic E-state index is 12.6. The molecule has 1 fully saturated rings. The van der Waals surface area contributed by atoms with E-state index in [9.17, 15) is 4.79 Å². The van der Waals surface area contributed by atoms with Gasteiger partial charge in [0.05, 0.1) is 0 Å². The molecule has 0 spiro atoms. The van der Waals surface area contributed by atoms with Crippen LogP contribution in [0.4, 0.5) is 0 Å². The van der Waals surface area contributed by atoms with Gasteiger partial charge in [0.15, 0.2) is 0 Å². The molecule has 1 aliphatic heterocycles. The number of pyridine rings is 1. The Hall–Kier alpha value is -2.24. The predicted molar refractivity (Wildman–Crippen MR) is 108 cm³/mol. The van der Waals surface area contributed by atoms with E-state index in [1.165, 1.54) is 0 Å². The van der Waals surface area contributed by atoms with Gasteiger partial charge in [-0.15, -0.1) is 0 Å². The van der Waals surface area contributed by atoms with Gasteiger partial charge in [-0.1, -0.05) is 36.4 Å². The van der Waals surface area contributed by atoms with Gasteiger partial charge in [-0.25, -0.2) is 0 Å². The highest BCUT2D eigenvalue weighted by Gasteiger charge is 2.26. The minimum absolute atomic E-state index is 0.137. The minimum Gasteiger partial charge on any atom is -0.343 e. The topological polar surface area (TPSA) is 62.5 Å². The van der Waals surface area contributed by atoms with Gasteiger partial charge in [-0.3, -0.25) is 9.78 Å². The van der Waals surface area contributed by atoms with E-state index >= 15 is 0 Å². The second-order valence-corrected chi connectivity index (χ2v) is 7.37. The number of amides is 1. The Morgan fingerprint density at radius 3 is 2.56 bits per heavy atom. The molecule has 1 unspecified atom stereocenters. The summed E-state index contributed by atoms with van der Waals surface area (Å²) in [7, 11) is 1.92. The van der Waals surface area contributed by atoms with Crippen LogP contribution in [0.1, 0.15) is 36.6 Å². The smallest absolute Gasteiger partial charge is 0.224 e. The van der Waals surface area contributed by atoms with Crippen molar-refractivity contribution in [2.24, 2.45) is 5.73 Å². The van der Waals surface area contributed by atoms with Crippen molar-refractivity contribution in [2.75, 3.05) is 26.7 Å². The number of hydrogen-bond acceptors (Lipinski definition) is 4. The summed E-state index contributed by atoms with van der Waals surface area (Å²) >= 11 is 0. The lowest BCUT2D eigenvalue weighted by atomic mass is 10.0. The van der Waals surface area contributed by atoms with Gasteiger partial charge in [-0.05, 0) is 30.5 Å². The molecule has 1 saturated heterocycles. The summed E-state index contributed by atoms with van der Waals surface area (Å²) in [5.74, 6) is 0.137. The second kappa shape index (κ2) is 9.62. The Morgan fingerprint density at radius 1 is 1.19 bits per heavy atom. The fourth-order valence-electron chi connectivity index (χ4n) is 3.70. The zero-order chi connectivity index (χ0) is 19.1. The van der Waals surface area contributed by atoms with Crippen LogP contribution in [0, 0.1) is 0 Å². The minimum atomic E-state index is -0.236. The molecule has 0 saturated carbocycles. The summed E-state index contributed by atoms with van der Waals surface area (Å²) in [6.07, 6.45) is 5.23. The molecule has 27 heavy (non-hydrogen) atoms. The molecule has 3 rings (SSSR count). The lowest BCUT2D eigenvalue weighted by Gasteiger charge is -2.37. The molecule has 2 heterocycles. The monoisotopic (exact) mass is 366 g/mol. The van der Waals surface area contributed by atoms with Gasteiger partial charge in [0.1, 0.15) is 0 Å². The summed E-state index contributed by atoms with van der Waals surface area (Å²) in [6.45, 7) is 3.08. The van der Waals surface area contributed by atoms with Crippen LogP contribution in [0.5, 0.6) is 0 Å². The molecule has 0 bridgehead atoms. The predicted octanol–water partition coefficient (Wildman–Crippen LogP) is 2.64. The first-order chi connectivity index (χ1) is 13.1. The third kappa shape index (κ3) is 5.62. The van der Waals surface area contributed by atoms with Crippen LogP contribution in [0.15, 0.2) is 54.7 Å². The molecule has 1 aliphatic rings. The molecule has 2 N–H and O–H groups in total. The maximum absolute atomic E-state index is 12.6. The summed E-state index contributed by atoms with van der Waals surface area (Å²) in [4.78, 5) is 21.4. The summed E-state index contributed by atoms with van der Waals surface area (Å²) < 4.78 is 0. The largest absolute Gasteiger partial charge is 0.343 e. The summed E-state index contributed by atoms with van der Waals surface area (Å²) in [5, 5.41) is 0. The van der Waals surface area contributed by atoms with Crippen LogP contribution < -0.4 is 5.73 Å². The highest BCUT2D eigenvalue weighted by atomic mass is 16.2. The lowest BCUT2D eigenvalue weighted by Crippen LogP contribution is -2.46. The van der Waals surface area contributed by atoms with E-state index in [1.807, 2.05) is 60.6 Å². The van der Waals surface area contributed by atoms with Crippen LogP contribution >= 0.6 is 0 Å².